The van der Waals surface area contributed by atoms with Gasteiger partial charge in [-0.1, -0.05) is 11.2 Å². The number of para-hydroxylation sites is 1. The van der Waals surface area contributed by atoms with Crippen LogP contribution in [0.25, 0.3) is 11.3 Å². The van der Waals surface area contributed by atoms with Crippen LogP contribution in [0.3, 0.4) is 0 Å². The zero-order chi connectivity index (χ0) is 9.26. The molecule has 0 spiro atoms. The number of aromatic hydroxyl groups is 1. The van der Waals surface area contributed by atoms with Gasteiger partial charge < -0.3 is 9.63 Å². The summed E-state index contributed by atoms with van der Waals surface area (Å²) < 4.78 is 17.6. The first-order valence-electron chi connectivity index (χ1n) is 3.67. The van der Waals surface area contributed by atoms with Gasteiger partial charge in [0.15, 0.2) is 17.3 Å². The van der Waals surface area contributed by atoms with Crippen LogP contribution in [0.1, 0.15) is 0 Å². The van der Waals surface area contributed by atoms with E-state index in [1.807, 2.05) is 0 Å². The van der Waals surface area contributed by atoms with Crippen molar-refractivity contribution < 1.29 is 14.0 Å². The first kappa shape index (κ1) is 7.79. The van der Waals surface area contributed by atoms with E-state index in [0.29, 0.717) is 11.3 Å². The van der Waals surface area contributed by atoms with E-state index < -0.39 is 11.6 Å². The Balaban J connectivity index is 2.59. The minimum Gasteiger partial charge on any atom is -0.504 e. The van der Waals surface area contributed by atoms with Gasteiger partial charge in [-0.05, 0) is 12.1 Å². The molecule has 0 radical (unpaired) electrons. The number of phenolic OH excluding ortho intramolecular Hbond substituents is 1. The SMILES string of the molecule is Oc1c(F)cccc1-c1ccno1. The quantitative estimate of drug-likeness (QED) is 0.729. The lowest BCUT2D eigenvalue weighted by Gasteiger charge is -1.99. The Labute approximate surface area is 73.4 Å². The maximum Gasteiger partial charge on any atom is 0.170 e. The van der Waals surface area contributed by atoms with E-state index in [9.17, 15) is 9.50 Å². The topological polar surface area (TPSA) is 46.3 Å². The van der Waals surface area contributed by atoms with Crippen molar-refractivity contribution in [3.05, 3.63) is 36.3 Å². The van der Waals surface area contributed by atoms with Gasteiger partial charge in [0.05, 0.1) is 11.8 Å². The van der Waals surface area contributed by atoms with Gasteiger partial charge in [-0.15, -0.1) is 0 Å². The number of hydrogen-bond donors (Lipinski definition) is 1. The highest BCUT2D eigenvalue weighted by molar-refractivity contribution is 5.64. The van der Waals surface area contributed by atoms with Gasteiger partial charge in [0.2, 0.25) is 0 Å². The highest BCUT2D eigenvalue weighted by Gasteiger charge is 2.10. The molecular formula is C9H6FNO2. The fourth-order valence-corrected chi connectivity index (χ4v) is 1.07. The molecule has 1 aromatic carbocycles. The third-order valence-electron chi connectivity index (χ3n) is 1.69. The molecule has 0 aliphatic carbocycles. The molecule has 0 aliphatic heterocycles. The third-order valence-corrected chi connectivity index (χ3v) is 1.69. The average Bonchev–Trinajstić information content (AvgIpc) is 2.62. The van der Waals surface area contributed by atoms with E-state index in [2.05, 4.69) is 5.16 Å². The van der Waals surface area contributed by atoms with Gasteiger partial charge in [0.1, 0.15) is 0 Å². The van der Waals surface area contributed by atoms with E-state index in [0.717, 1.165) is 0 Å². The maximum absolute atomic E-state index is 12.9. The van der Waals surface area contributed by atoms with Crippen LogP contribution in [0.2, 0.25) is 0 Å². The highest BCUT2D eigenvalue weighted by Crippen LogP contribution is 2.30. The van der Waals surface area contributed by atoms with Gasteiger partial charge in [0, 0.05) is 6.07 Å². The Bertz CT molecular complexity index is 412. The first-order valence-corrected chi connectivity index (χ1v) is 3.67. The molecule has 1 N–H and O–H groups in total. The van der Waals surface area contributed by atoms with Gasteiger partial charge >= 0.3 is 0 Å². The smallest absolute Gasteiger partial charge is 0.170 e. The van der Waals surface area contributed by atoms with Crippen molar-refractivity contribution in [1.82, 2.24) is 5.16 Å². The van der Waals surface area contributed by atoms with Crippen LogP contribution in [0.5, 0.6) is 5.75 Å². The van der Waals surface area contributed by atoms with E-state index in [-0.39, 0.29) is 0 Å². The second-order valence-electron chi connectivity index (χ2n) is 2.51. The molecule has 4 heteroatoms. The van der Waals surface area contributed by atoms with Crippen molar-refractivity contribution in [2.24, 2.45) is 0 Å². The third kappa shape index (κ3) is 1.26. The minimum atomic E-state index is -0.672. The summed E-state index contributed by atoms with van der Waals surface area (Å²) in [7, 11) is 0. The number of benzene rings is 1. The van der Waals surface area contributed by atoms with Gasteiger partial charge in [-0.25, -0.2) is 4.39 Å². The Morgan fingerprint density at radius 1 is 1.31 bits per heavy atom. The number of hydrogen-bond acceptors (Lipinski definition) is 3. The van der Waals surface area contributed by atoms with Crippen LogP contribution in [0.4, 0.5) is 4.39 Å². The molecule has 3 nitrogen and oxygen atoms in total. The molecule has 0 aliphatic rings. The summed E-state index contributed by atoms with van der Waals surface area (Å²) >= 11 is 0. The summed E-state index contributed by atoms with van der Waals surface area (Å²) in [6.45, 7) is 0. The molecule has 0 unspecified atom stereocenters. The molecule has 13 heavy (non-hydrogen) atoms. The highest BCUT2D eigenvalue weighted by atomic mass is 19.1. The average molecular weight is 179 g/mol. The number of nitrogens with zero attached hydrogens (tertiary/aromatic N) is 1. The second-order valence-corrected chi connectivity index (χ2v) is 2.51. The largest absolute Gasteiger partial charge is 0.504 e. The second kappa shape index (κ2) is 2.90. The molecule has 0 atom stereocenters. The number of rotatable bonds is 1. The number of phenols is 1. The molecule has 2 rings (SSSR count). The Kier molecular flexibility index (Phi) is 1.73. The van der Waals surface area contributed by atoms with Crippen LogP contribution in [-0.4, -0.2) is 10.3 Å². The molecule has 0 amide bonds. The van der Waals surface area contributed by atoms with Crippen LogP contribution in [-0.2, 0) is 0 Å². The Morgan fingerprint density at radius 3 is 2.85 bits per heavy atom. The van der Waals surface area contributed by atoms with Gasteiger partial charge in [-0.2, -0.15) is 0 Å². The van der Waals surface area contributed by atoms with E-state index in [1.165, 1.54) is 18.3 Å². The summed E-state index contributed by atoms with van der Waals surface area (Å²) in [5, 5.41) is 12.8. The molecule has 0 fully saturated rings. The lowest BCUT2D eigenvalue weighted by atomic mass is 10.1. The zero-order valence-electron chi connectivity index (χ0n) is 6.57. The van der Waals surface area contributed by atoms with E-state index in [4.69, 9.17) is 4.52 Å². The predicted octanol–water partition coefficient (Wildman–Crippen LogP) is 2.19. The molecule has 0 bridgehead atoms. The summed E-state index contributed by atoms with van der Waals surface area (Å²) in [4.78, 5) is 0. The normalized spacial score (nSPS) is 10.2. The molecule has 0 saturated carbocycles. The number of halogens is 1. The summed E-state index contributed by atoms with van der Waals surface area (Å²) in [5.74, 6) is -0.745. The number of aromatic nitrogens is 1. The summed E-state index contributed by atoms with van der Waals surface area (Å²) in [5.41, 5.74) is 0.303. The monoisotopic (exact) mass is 179 g/mol. The lowest BCUT2D eigenvalue weighted by molar-refractivity contribution is 0.415. The molecular weight excluding hydrogens is 173 g/mol. The first-order chi connectivity index (χ1) is 6.29. The fraction of sp³-hybridized carbons (Fsp3) is 0. The van der Waals surface area contributed by atoms with Crippen molar-refractivity contribution in [2.45, 2.75) is 0 Å². The van der Waals surface area contributed by atoms with Crippen LogP contribution in [0.15, 0.2) is 35.0 Å². The van der Waals surface area contributed by atoms with Gasteiger partial charge in [-0.3, -0.25) is 0 Å². The minimum absolute atomic E-state index is 0.303. The molecule has 0 saturated heterocycles. The van der Waals surface area contributed by atoms with Gasteiger partial charge in [0.25, 0.3) is 0 Å². The molecule has 66 valence electrons. The van der Waals surface area contributed by atoms with Crippen LogP contribution >= 0.6 is 0 Å². The Morgan fingerprint density at radius 2 is 2.15 bits per heavy atom. The predicted molar refractivity (Wildman–Crippen MR) is 43.6 cm³/mol. The van der Waals surface area contributed by atoms with Crippen molar-refractivity contribution in [2.75, 3.05) is 0 Å². The maximum atomic E-state index is 12.9. The van der Waals surface area contributed by atoms with Crippen molar-refractivity contribution >= 4 is 0 Å². The van der Waals surface area contributed by atoms with E-state index in [1.54, 1.807) is 12.1 Å². The fourth-order valence-electron chi connectivity index (χ4n) is 1.07. The molecule has 1 heterocycles. The Hall–Kier alpha value is -1.84. The van der Waals surface area contributed by atoms with Crippen LogP contribution < -0.4 is 0 Å². The van der Waals surface area contributed by atoms with Crippen molar-refractivity contribution in [3.63, 3.8) is 0 Å². The molecule has 1 aromatic heterocycles. The standard InChI is InChI=1S/C9H6FNO2/c10-7-3-1-2-6(9(7)12)8-4-5-11-13-8/h1-5,12H. The van der Waals surface area contributed by atoms with E-state index >= 15 is 0 Å². The molecule has 2 aromatic rings. The lowest BCUT2D eigenvalue weighted by Crippen LogP contribution is -1.80. The summed E-state index contributed by atoms with van der Waals surface area (Å²) in [6.07, 6.45) is 1.43. The zero-order valence-corrected chi connectivity index (χ0v) is 6.57. The summed E-state index contributed by atoms with van der Waals surface area (Å²) in [6, 6.07) is 5.77. The van der Waals surface area contributed by atoms with Crippen molar-refractivity contribution in [3.8, 4) is 17.1 Å². The van der Waals surface area contributed by atoms with Crippen LogP contribution in [0, 0.1) is 5.82 Å². The van der Waals surface area contributed by atoms with Crippen molar-refractivity contribution in [1.29, 1.82) is 0 Å².